The molecule has 6 nitrogen and oxygen atoms in total. The normalized spacial score (nSPS) is 21.5. The van der Waals surface area contributed by atoms with Gasteiger partial charge < -0.3 is 4.74 Å². The van der Waals surface area contributed by atoms with E-state index in [2.05, 4.69) is 9.62 Å². The summed E-state index contributed by atoms with van der Waals surface area (Å²) in [6.07, 6.45) is 2.36. The number of sulfonamides is 1. The molecule has 1 fully saturated rings. The minimum Gasteiger partial charge on any atom is -0.489 e. The van der Waals surface area contributed by atoms with Crippen molar-refractivity contribution in [1.29, 1.82) is 0 Å². The van der Waals surface area contributed by atoms with Crippen LogP contribution in [0.5, 0.6) is 5.75 Å². The van der Waals surface area contributed by atoms with Crippen LogP contribution < -0.4 is 9.46 Å². The highest BCUT2D eigenvalue weighted by Gasteiger charge is 2.50. The van der Waals surface area contributed by atoms with Gasteiger partial charge in [0.2, 0.25) is 5.91 Å². The van der Waals surface area contributed by atoms with Gasteiger partial charge in [0.25, 0.3) is 10.0 Å². The summed E-state index contributed by atoms with van der Waals surface area (Å²) in [6, 6.07) is 29.4. The van der Waals surface area contributed by atoms with Gasteiger partial charge in [-0.3, -0.25) is 9.69 Å². The third-order valence-corrected chi connectivity index (χ3v) is 9.14. The van der Waals surface area contributed by atoms with Crippen molar-refractivity contribution in [3.63, 3.8) is 0 Å². The Kier molecular flexibility index (Phi) is 6.41. The zero-order valence-corrected chi connectivity index (χ0v) is 21.9. The van der Waals surface area contributed by atoms with Gasteiger partial charge in [0.05, 0.1) is 4.90 Å². The van der Waals surface area contributed by atoms with E-state index >= 15 is 0 Å². The van der Waals surface area contributed by atoms with Gasteiger partial charge in [0.15, 0.2) is 0 Å². The van der Waals surface area contributed by atoms with E-state index in [1.165, 1.54) is 0 Å². The monoisotopic (exact) mass is 526 g/mol. The molecule has 7 heteroatoms. The molecule has 0 radical (unpaired) electrons. The number of amides is 1. The number of nitrogens with one attached hydrogen (secondary N) is 1. The predicted octanol–water partition coefficient (Wildman–Crippen LogP) is 4.88. The minimum absolute atomic E-state index is 0.0844. The van der Waals surface area contributed by atoms with Gasteiger partial charge in [0.1, 0.15) is 17.3 Å². The van der Waals surface area contributed by atoms with Crippen molar-refractivity contribution < 1.29 is 17.9 Å². The molecule has 1 amide bonds. The third-order valence-electron chi connectivity index (χ3n) is 7.76. The summed E-state index contributed by atoms with van der Waals surface area (Å²) < 4.78 is 36.5. The molecule has 4 aromatic carbocycles. The van der Waals surface area contributed by atoms with E-state index in [0.29, 0.717) is 29.7 Å². The Hall–Kier alpha value is -3.68. The van der Waals surface area contributed by atoms with Crippen molar-refractivity contribution in [2.24, 2.45) is 0 Å². The van der Waals surface area contributed by atoms with Gasteiger partial charge in [-0.1, -0.05) is 84.9 Å². The topological polar surface area (TPSA) is 75.7 Å². The fourth-order valence-electron chi connectivity index (χ4n) is 5.99. The first kappa shape index (κ1) is 24.6. The molecule has 1 unspecified atom stereocenters. The fraction of sp³-hybridized carbons (Fsp3) is 0.258. The summed E-state index contributed by atoms with van der Waals surface area (Å²) in [5.41, 5.74) is 0.181. The Morgan fingerprint density at radius 1 is 0.868 bits per heavy atom. The predicted molar refractivity (Wildman–Crippen MR) is 148 cm³/mol. The SMILES string of the molecule is O=C(NS(=O)(=O)c1cccc2ccccc12)C1(c2ccccc2)C[C@@H](CN2CCCC2)Oc2ccccc21. The molecule has 194 valence electrons. The Balaban J connectivity index is 1.45. The molecule has 4 aromatic rings. The number of para-hydroxylation sites is 1. The van der Waals surface area contributed by atoms with Gasteiger partial charge in [-0.2, -0.15) is 0 Å². The number of benzene rings is 4. The molecule has 0 spiro atoms. The van der Waals surface area contributed by atoms with Crippen LogP contribution in [0.25, 0.3) is 10.8 Å². The first-order chi connectivity index (χ1) is 18.5. The summed E-state index contributed by atoms with van der Waals surface area (Å²) in [6.45, 7) is 2.69. The van der Waals surface area contributed by atoms with Crippen molar-refractivity contribution in [2.75, 3.05) is 19.6 Å². The molecule has 2 atom stereocenters. The van der Waals surface area contributed by atoms with Gasteiger partial charge >= 0.3 is 0 Å². The summed E-state index contributed by atoms with van der Waals surface area (Å²) in [5.74, 6) is 0.0447. The lowest BCUT2D eigenvalue weighted by atomic mass is 9.68. The maximum absolute atomic E-state index is 14.4. The number of ether oxygens (including phenoxy) is 1. The van der Waals surface area contributed by atoms with E-state index < -0.39 is 21.3 Å². The summed E-state index contributed by atoms with van der Waals surface area (Å²) in [5, 5.41) is 1.37. The van der Waals surface area contributed by atoms with Gasteiger partial charge in [-0.25, -0.2) is 13.1 Å². The van der Waals surface area contributed by atoms with E-state index in [9.17, 15) is 13.2 Å². The van der Waals surface area contributed by atoms with Crippen LogP contribution in [-0.4, -0.2) is 45.0 Å². The van der Waals surface area contributed by atoms with Crippen LogP contribution in [0.1, 0.15) is 30.4 Å². The van der Waals surface area contributed by atoms with E-state index in [-0.39, 0.29) is 11.0 Å². The average Bonchev–Trinajstić information content (AvgIpc) is 3.45. The van der Waals surface area contributed by atoms with Crippen molar-refractivity contribution in [2.45, 2.75) is 35.7 Å². The highest BCUT2D eigenvalue weighted by Crippen LogP contribution is 2.46. The third kappa shape index (κ3) is 4.36. The molecule has 0 aliphatic carbocycles. The zero-order valence-electron chi connectivity index (χ0n) is 21.0. The number of carbonyl (C=O) groups excluding carboxylic acids is 1. The molecule has 0 bridgehead atoms. The molecule has 6 rings (SSSR count). The van der Waals surface area contributed by atoms with E-state index in [1.807, 2.05) is 72.8 Å². The van der Waals surface area contributed by atoms with Crippen molar-refractivity contribution in [3.05, 3.63) is 108 Å². The minimum atomic E-state index is -4.17. The van der Waals surface area contributed by atoms with Gasteiger partial charge in [-0.05, 0) is 49.0 Å². The van der Waals surface area contributed by atoms with Crippen LogP contribution in [-0.2, 0) is 20.2 Å². The summed E-state index contributed by atoms with van der Waals surface area (Å²) >= 11 is 0. The van der Waals surface area contributed by atoms with E-state index in [0.717, 1.165) is 36.9 Å². The van der Waals surface area contributed by atoms with Crippen LogP contribution in [0, 0.1) is 0 Å². The first-order valence-corrected chi connectivity index (χ1v) is 14.5. The summed E-state index contributed by atoms with van der Waals surface area (Å²) in [7, 11) is -4.17. The van der Waals surface area contributed by atoms with Crippen LogP contribution in [0.15, 0.2) is 102 Å². The van der Waals surface area contributed by atoms with E-state index in [1.54, 1.807) is 24.3 Å². The molecule has 0 saturated carbocycles. The maximum Gasteiger partial charge on any atom is 0.264 e. The van der Waals surface area contributed by atoms with Crippen molar-refractivity contribution >= 4 is 26.7 Å². The molecule has 2 heterocycles. The molecule has 1 N–H and O–H groups in total. The van der Waals surface area contributed by atoms with E-state index in [4.69, 9.17) is 4.74 Å². The molecule has 0 aromatic heterocycles. The lowest BCUT2D eigenvalue weighted by molar-refractivity contribution is -0.125. The number of nitrogens with zero attached hydrogens (tertiary/aromatic N) is 1. The number of rotatable bonds is 6. The molecule has 1 saturated heterocycles. The number of hydrogen-bond donors (Lipinski definition) is 1. The highest BCUT2D eigenvalue weighted by atomic mass is 32.2. The Labute approximate surface area is 223 Å². The van der Waals surface area contributed by atoms with Gasteiger partial charge in [-0.15, -0.1) is 0 Å². The molecular weight excluding hydrogens is 496 g/mol. The van der Waals surface area contributed by atoms with Crippen LogP contribution in [0.2, 0.25) is 0 Å². The second-order valence-corrected chi connectivity index (χ2v) is 11.8. The largest absolute Gasteiger partial charge is 0.489 e. The van der Waals surface area contributed by atoms with Crippen LogP contribution >= 0.6 is 0 Å². The standard InChI is InChI=1S/C31H30N2O4S/c34-30(32-38(35,36)29-18-10-12-23-11-4-5-15-26(23)29)31(24-13-2-1-3-14-24)21-25(22-33-19-8-9-20-33)37-28-17-7-6-16-27(28)31/h1-7,10-18,25H,8-9,19-22H2,(H,32,34)/t25-,31?/m0/s1. The number of likely N-dealkylation sites (tertiary alicyclic amines) is 1. The lowest BCUT2D eigenvalue weighted by Crippen LogP contribution is -2.53. The highest BCUT2D eigenvalue weighted by molar-refractivity contribution is 7.90. The first-order valence-electron chi connectivity index (χ1n) is 13.1. The Bertz CT molecular complexity index is 1580. The van der Waals surface area contributed by atoms with Crippen molar-refractivity contribution in [3.8, 4) is 5.75 Å². The fourth-order valence-corrected chi connectivity index (χ4v) is 7.25. The molecule has 38 heavy (non-hydrogen) atoms. The molecular formula is C31H30N2O4S. The number of hydrogen-bond acceptors (Lipinski definition) is 5. The van der Waals surface area contributed by atoms with Gasteiger partial charge in [0, 0.05) is 23.9 Å². The van der Waals surface area contributed by atoms with Crippen LogP contribution in [0.4, 0.5) is 0 Å². The number of fused-ring (bicyclic) bond motifs is 2. The zero-order chi connectivity index (χ0) is 26.2. The lowest BCUT2D eigenvalue weighted by Gasteiger charge is -2.42. The Morgan fingerprint density at radius 3 is 2.37 bits per heavy atom. The van der Waals surface area contributed by atoms with Crippen molar-refractivity contribution in [1.82, 2.24) is 9.62 Å². The maximum atomic E-state index is 14.4. The summed E-state index contributed by atoms with van der Waals surface area (Å²) in [4.78, 5) is 16.9. The quantitative estimate of drug-likeness (QED) is 0.388. The Morgan fingerprint density at radius 2 is 1.55 bits per heavy atom. The number of carbonyl (C=O) groups is 1. The second kappa shape index (κ2) is 9.89. The average molecular weight is 527 g/mol. The second-order valence-electron chi connectivity index (χ2n) is 10.1. The molecule has 2 aliphatic rings. The molecule has 2 aliphatic heterocycles. The smallest absolute Gasteiger partial charge is 0.264 e. The van der Waals surface area contributed by atoms with Crippen LogP contribution in [0.3, 0.4) is 0 Å².